The molecule has 0 aliphatic rings. The number of nitrogens with zero attached hydrogens (tertiary/aromatic N) is 2. The van der Waals surface area contributed by atoms with E-state index in [1.807, 2.05) is 6.07 Å². The Hall–Kier alpha value is -1.88. The third-order valence-corrected chi connectivity index (χ3v) is 2.99. The van der Waals surface area contributed by atoms with Crippen molar-refractivity contribution in [3.05, 3.63) is 30.1 Å². The van der Waals surface area contributed by atoms with Crippen LogP contribution in [0.3, 0.4) is 0 Å². The molecule has 1 aromatic carbocycles. The van der Waals surface area contributed by atoms with E-state index in [4.69, 9.17) is 10.5 Å². The van der Waals surface area contributed by atoms with Gasteiger partial charge in [-0.3, -0.25) is 0 Å². The van der Waals surface area contributed by atoms with Crippen LogP contribution < -0.4 is 5.73 Å². The second-order valence-electron chi connectivity index (χ2n) is 4.36. The van der Waals surface area contributed by atoms with Crippen molar-refractivity contribution < 1.29 is 9.53 Å². The van der Waals surface area contributed by atoms with Crippen molar-refractivity contribution >= 4 is 17.0 Å². The topological polar surface area (TPSA) is 70.1 Å². The fraction of sp³-hybridized carbons (Fsp3) is 0.429. The van der Waals surface area contributed by atoms with E-state index < -0.39 is 0 Å². The number of rotatable bonds is 6. The van der Waals surface area contributed by atoms with Gasteiger partial charge in [0.1, 0.15) is 0 Å². The first kappa shape index (κ1) is 13.5. The van der Waals surface area contributed by atoms with Crippen molar-refractivity contribution in [1.29, 1.82) is 0 Å². The predicted molar refractivity (Wildman–Crippen MR) is 74.0 cm³/mol. The summed E-state index contributed by atoms with van der Waals surface area (Å²) in [5.41, 5.74) is 7.88. The number of imidazole rings is 1. The number of benzene rings is 1. The number of hydrogen-bond donors (Lipinski definition) is 1. The molecule has 2 N–H and O–H groups in total. The maximum Gasteiger partial charge on any atom is 0.338 e. The summed E-state index contributed by atoms with van der Waals surface area (Å²) in [6.07, 6.45) is 3.83. The van der Waals surface area contributed by atoms with Crippen LogP contribution in [0.1, 0.15) is 30.1 Å². The molecule has 0 amide bonds. The van der Waals surface area contributed by atoms with Crippen molar-refractivity contribution in [2.24, 2.45) is 5.73 Å². The normalized spacial score (nSPS) is 10.8. The lowest BCUT2D eigenvalue weighted by Gasteiger charge is -2.04. The van der Waals surface area contributed by atoms with E-state index in [0.717, 1.165) is 30.4 Å². The van der Waals surface area contributed by atoms with Crippen molar-refractivity contribution in [1.82, 2.24) is 9.55 Å². The molecule has 2 aromatic rings. The molecule has 1 aromatic heterocycles. The van der Waals surface area contributed by atoms with E-state index >= 15 is 0 Å². The maximum atomic E-state index is 11.6. The van der Waals surface area contributed by atoms with Crippen LogP contribution in [0.15, 0.2) is 24.5 Å². The SMILES string of the molecule is CCOC(=O)c1ccc2c(c1)ncn2CCCCN. The van der Waals surface area contributed by atoms with Crippen LogP contribution >= 0.6 is 0 Å². The zero-order valence-corrected chi connectivity index (χ0v) is 11.1. The quantitative estimate of drug-likeness (QED) is 0.637. The van der Waals surface area contributed by atoms with Gasteiger partial charge in [0, 0.05) is 6.54 Å². The van der Waals surface area contributed by atoms with Crippen molar-refractivity contribution in [2.45, 2.75) is 26.3 Å². The molecule has 0 aliphatic carbocycles. The van der Waals surface area contributed by atoms with Gasteiger partial charge in [-0.2, -0.15) is 0 Å². The maximum absolute atomic E-state index is 11.6. The van der Waals surface area contributed by atoms with Crippen LogP contribution in [-0.4, -0.2) is 28.7 Å². The number of nitrogens with two attached hydrogens (primary N) is 1. The number of esters is 1. The van der Waals surface area contributed by atoms with E-state index in [9.17, 15) is 4.79 Å². The first-order chi connectivity index (χ1) is 9.26. The largest absolute Gasteiger partial charge is 0.462 e. The van der Waals surface area contributed by atoms with Gasteiger partial charge in [-0.25, -0.2) is 9.78 Å². The number of fused-ring (bicyclic) bond motifs is 1. The Balaban J connectivity index is 2.19. The minimum absolute atomic E-state index is 0.304. The second kappa shape index (κ2) is 6.33. The molecule has 0 atom stereocenters. The van der Waals surface area contributed by atoms with E-state index in [1.54, 1.807) is 25.4 Å². The molecule has 2 rings (SSSR count). The molecule has 0 bridgehead atoms. The average molecular weight is 261 g/mol. The summed E-state index contributed by atoms with van der Waals surface area (Å²) in [7, 11) is 0. The molecule has 0 radical (unpaired) electrons. The Bertz CT molecular complexity index is 563. The highest BCUT2D eigenvalue weighted by atomic mass is 16.5. The predicted octanol–water partition coefficient (Wildman–Crippen LogP) is 1.95. The molecule has 0 saturated heterocycles. The Labute approximate surface area is 112 Å². The minimum atomic E-state index is -0.304. The van der Waals surface area contributed by atoms with Gasteiger partial charge >= 0.3 is 5.97 Å². The summed E-state index contributed by atoms with van der Waals surface area (Å²) in [6.45, 7) is 3.78. The van der Waals surface area contributed by atoms with Gasteiger partial charge < -0.3 is 15.0 Å². The van der Waals surface area contributed by atoms with Crippen LogP contribution in [0.25, 0.3) is 11.0 Å². The van der Waals surface area contributed by atoms with Crippen molar-refractivity contribution in [2.75, 3.05) is 13.2 Å². The highest BCUT2D eigenvalue weighted by Crippen LogP contribution is 2.16. The van der Waals surface area contributed by atoms with Gasteiger partial charge in [0.2, 0.25) is 0 Å². The van der Waals surface area contributed by atoms with Crippen LogP contribution in [0.2, 0.25) is 0 Å². The minimum Gasteiger partial charge on any atom is -0.462 e. The molecule has 0 spiro atoms. The lowest BCUT2D eigenvalue weighted by atomic mass is 10.2. The molecule has 5 heteroatoms. The summed E-state index contributed by atoms with van der Waals surface area (Å²) in [5, 5.41) is 0. The Morgan fingerprint density at radius 1 is 1.42 bits per heavy atom. The molecule has 19 heavy (non-hydrogen) atoms. The Morgan fingerprint density at radius 3 is 3.00 bits per heavy atom. The molecular formula is C14H19N3O2. The molecule has 0 unspecified atom stereocenters. The second-order valence-corrected chi connectivity index (χ2v) is 4.36. The molecule has 0 aliphatic heterocycles. The number of aromatic nitrogens is 2. The molecule has 102 valence electrons. The highest BCUT2D eigenvalue weighted by Gasteiger charge is 2.09. The summed E-state index contributed by atoms with van der Waals surface area (Å²) >= 11 is 0. The summed E-state index contributed by atoms with van der Waals surface area (Å²) in [5.74, 6) is -0.304. The first-order valence-electron chi connectivity index (χ1n) is 6.58. The van der Waals surface area contributed by atoms with E-state index in [-0.39, 0.29) is 5.97 Å². The smallest absolute Gasteiger partial charge is 0.338 e. The van der Waals surface area contributed by atoms with Crippen LogP contribution in [0, 0.1) is 0 Å². The van der Waals surface area contributed by atoms with E-state index in [2.05, 4.69) is 9.55 Å². The number of ether oxygens (including phenoxy) is 1. The van der Waals surface area contributed by atoms with Crippen molar-refractivity contribution in [3.63, 3.8) is 0 Å². The lowest BCUT2D eigenvalue weighted by Crippen LogP contribution is -2.04. The number of aryl methyl sites for hydroxylation is 1. The molecule has 5 nitrogen and oxygen atoms in total. The number of unbranched alkanes of at least 4 members (excludes halogenated alkanes) is 1. The lowest BCUT2D eigenvalue weighted by molar-refractivity contribution is 0.0526. The van der Waals surface area contributed by atoms with Crippen LogP contribution in [-0.2, 0) is 11.3 Å². The van der Waals surface area contributed by atoms with Gasteiger partial charge in [-0.15, -0.1) is 0 Å². The summed E-state index contributed by atoms with van der Waals surface area (Å²) in [6, 6.07) is 5.46. The van der Waals surface area contributed by atoms with Crippen LogP contribution in [0.4, 0.5) is 0 Å². The average Bonchev–Trinajstić information content (AvgIpc) is 2.82. The fourth-order valence-electron chi connectivity index (χ4n) is 2.01. The highest BCUT2D eigenvalue weighted by molar-refractivity contribution is 5.93. The number of hydrogen-bond acceptors (Lipinski definition) is 4. The third kappa shape index (κ3) is 3.12. The zero-order chi connectivity index (χ0) is 13.7. The Morgan fingerprint density at radius 2 is 2.26 bits per heavy atom. The summed E-state index contributed by atoms with van der Waals surface area (Å²) < 4.78 is 7.06. The van der Waals surface area contributed by atoms with E-state index in [1.165, 1.54) is 0 Å². The summed E-state index contributed by atoms with van der Waals surface area (Å²) in [4.78, 5) is 16.0. The first-order valence-corrected chi connectivity index (χ1v) is 6.58. The third-order valence-electron chi connectivity index (χ3n) is 2.99. The van der Waals surface area contributed by atoms with Gasteiger partial charge in [-0.1, -0.05) is 0 Å². The van der Waals surface area contributed by atoms with Gasteiger partial charge in [-0.05, 0) is 44.5 Å². The molecular weight excluding hydrogens is 242 g/mol. The zero-order valence-electron chi connectivity index (χ0n) is 11.1. The standard InChI is InChI=1S/C14H19N3O2/c1-2-19-14(18)11-5-6-13-12(9-11)16-10-17(13)8-4-3-7-15/h5-6,9-10H,2-4,7-8,15H2,1H3. The molecule has 0 saturated carbocycles. The van der Waals surface area contributed by atoms with Crippen LogP contribution in [0.5, 0.6) is 0 Å². The number of carbonyl (C=O) groups excluding carboxylic acids is 1. The monoisotopic (exact) mass is 261 g/mol. The molecule has 1 heterocycles. The van der Waals surface area contributed by atoms with Gasteiger partial charge in [0.05, 0.1) is 29.5 Å². The van der Waals surface area contributed by atoms with Gasteiger partial charge in [0.25, 0.3) is 0 Å². The fourth-order valence-corrected chi connectivity index (χ4v) is 2.01. The molecule has 0 fully saturated rings. The number of carbonyl (C=O) groups is 1. The van der Waals surface area contributed by atoms with E-state index in [0.29, 0.717) is 18.7 Å². The van der Waals surface area contributed by atoms with Crippen molar-refractivity contribution in [3.8, 4) is 0 Å². The Kier molecular flexibility index (Phi) is 4.52. The van der Waals surface area contributed by atoms with Gasteiger partial charge in [0.15, 0.2) is 0 Å².